The summed E-state index contributed by atoms with van der Waals surface area (Å²) in [6, 6.07) is 4.37. The van der Waals surface area contributed by atoms with Gasteiger partial charge in [-0.3, -0.25) is 14.8 Å². The van der Waals surface area contributed by atoms with E-state index in [0.29, 0.717) is 5.92 Å². The van der Waals surface area contributed by atoms with Crippen molar-refractivity contribution in [1.82, 2.24) is 29.5 Å². The molecular weight excluding hydrogens is 352 g/mol. The maximum absolute atomic E-state index is 5.45. The molecule has 4 heterocycles. The quantitative estimate of drug-likeness (QED) is 0.759. The number of ether oxygens (including phenoxy) is 1. The smallest absolute Gasteiger partial charge is 0.146 e. The summed E-state index contributed by atoms with van der Waals surface area (Å²) in [4.78, 5) is 9.55. The fourth-order valence-electron chi connectivity index (χ4n) is 4.22. The normalized spacial score (nSPS) is 21.9. The van der Waals surface area contributed by atoms with Gasteiger partial charge in [0, 0.05) is 45.3 Å². The van der Waals surface area contributed by atoms with E-state index in [1.54, 1.807) is 0 Å². The standard InChI is InChI=1S/C21H32N6O/c1-3-17-6-7-19(22-13-17)15-27-8-4-5-18(14-27)21-24-23-20(25(21)2)16-26-9-11-28-12-10-26/h6-7,13,18H,3-5,8-12,14-16H2,1-2H3. The number of nitrogens with zero attached hydrogens (tertiary/aromatic N) is 6. The number of piperidine rings is 1. The third kappa shape index (κ3) is 4.59. The molecule has 2 aliphatic rings. The average Bonchev–Trinajstić information content (AvgIpc) is 3.10. The van der Waals surface area contributed by atoms with Crippen LogP contribution in [0, 0.1) is 0 Å². The lowest BCUT2D eigenvalue weighted by atomic mass is 9.97. The largest absolute Gasteiger partial charge is 0.379 e. The van der Waals surface area contributed by atoms with Gasteiger partial charge in [0.2, 0.25) is 0 Å². The van der Waals surface area contributed by atoms with Gasteiger partial charge in [-0.1, -0.05) is 13.0 Å². The van der Waals surface area contributed by atoms with E-state index < -0.39 is 0 Å². The molecule has 7 heteroatoms. The van der Waals surface area contributed by atoms with Gasteiger partial charge >= 0.3 is 0 Å². The number of rotatable bonds is 6. The number of hydrogen-bond donors (Lipinski definition) is 0. The Bertz CT molecular complexity index is 753. The van der Waals surface area contributed by atoms with E-state index in [1.807, 2.05) is 6.20 Å². The molecular formula is C21H32N6O. The van der Waals surface area contributed by atoms with Crippen LogP contribution >= 0.6 is 0 Å². The third-order valence-corrected chi connectivity index (χ3v) is 6.02. The highest BCUT2D eigenvalue weighted by atomic mass is 16.5. The van der Waals surface area contributed by atoms with Crippen LogP contribution in [0.15, 0.2) is 18.3 Å². The van der Waals surface area contributed by atoms with Gasteiger partial charge in [-0.25, -0.2) is 0 Å². The molecule has 2 aliphatic heterocycles. The molecule has 0 amide bonds. The molecule has 1 unspecified atom stereocenters. The van der Waals surface area contributed by atoms with Crippen LogP contribution in [0.2, 0.25) is 0 Å². The summed E-state index contributed by atoms with van der Waals surface area (Å²) in [5.41, 5.74) is 2.45. The molecule has 0 spiro atoms. The first-order valence-corrected chi connectivity index (χ1v) is 10.6. The van der Waals surface area contributed by atoms with Crippen molar-refractivity contribution in [2.45, 2.75) is 45.2 Å². The topological polar surface area (TPSA) is 59.3 Å². The predicted octanol–water partition coefficient (Wildman–Crippen LogP) is 1.98. The second kappa shape index (κ2) is 9.11. The number of aryl methyl sites for hydroxylation is 1. The minimum absolute atomic E-state index is 0.444. The van der Waals surface area contributed by atoms with Gasteiger partial charge in [0.05, 0.1) is 25.5 Å². The van der Waals surface area contributed by atoms with E-state index in [9.17, 15) is 0 Å². The predicted molar refractivity (Wildman–Crippen MR) is 108 cm³/mol. The van der Waals surface area contributed by atoms with Crippen molar-refractivity contribution < 1.29 is 4.74 Å². The number of hydrogen-bond acceptors (Lipinski definition) is 6. The van der Waals surface area contributed by atoms with Crippen molar-refractivity contribution in [1.29, 1.82) is 0 Å². The van der Waals surface area contributed by atoms with E-state index in [-0.39, 0.29) is 0 Å². The molecule has 152 valence electrons. The van der Waals surface area contributed by atoms with E-state index >= 15 is 0 Å². The molecule has 7 nitrogen and oxygen atoms in total. The van der Waals surface area contributed by atoms with Crippen molar-refractivity contribution in [3.05, 3.63) is 41.2 Å². The van der Waals surface area contributed by atoms with Gasteiger partial charge in [-0.15, -0.1) is 10.2 Å². The monoisotopic (exact) mass is 384 g/mol. The molecule has 0 aliphatic carbocycles. The fraction of sp³-hybridized carbons (Fsp3) is 0.667. The van der Waals surface area contributed by atoms with Gasteiger partial charge < -0.3 is 9.30 Å². The van der Waals surface area contributed by atoms with Crippen LogP contribution in [-0.4, -0.2) is 68.9 Å². The molecule has 2 aromatic heterocycles. The minimum Gasteiger partial charge on any atom is -0.379 e. The number of aromatic nitrogens is 4. The lowest BCUT2D eigenvalue weighted by molar-refractivity contribution is 0.0326. The zero-order valence-corrected chi connectivity index (χ0v) is 17.2. The summed E-state index contributed by atoms with van der Waals surface area (Å²) in [5.74, 6) is 2.63. The highest BCUT2D eigenvalue weighted by Gasteiger charge is 2.26. The fourth-order valence-corrected chi connectivity index (χ4v) is 4.22. The van der Waals surface area contributed by atoms with Crippen LogP contribution in [0.3, 0.4) is 0 Å². The first kappa shape index (κ1) is 19.5. The molecule has 28 heavy (non-hydrogen) atoms. The molecule has 0 bridgehead atoms. The summed E-state index contributed by atoms with van der Waals surface area (Å²) in [7, 11) is 2.12. The summed E-state index contributed by atoms with van der Waals surface area (Å²) in [6.07, 6.45) is 5.43. The molecule has 0 saturated carbocycles. The number of pyridine rings is 1. The molecule has 2 aromatic rings. The van der Waals surface area contributed by atoms with Crippen LogP contribution in [0.25, 0.3) is 0 Å². The Hall–Kier alpha value is -1.83. The first-order chi connectivity index (χ1) is 13.7. The van der Waals surface area contributed by atoms with Crippen molar-refractivity contribution in [3.8, 4) is 0 Å². The summed E-state index contributed by atoms with van der Waals surface area (Å²) in [6.45, 7) is 9.68. The lowest BCUT2D eigenvalue weighted by Crippen LogP contribution is -2.36. The Kier molecular flexibility index (Phi) is 6.34. The Morgan fingerprint density at radius 1 is 1.07 bits per heavy atom. The van der Waals surface area contributed by atoms with Crippen molar-refractivity contribution >= 4 is 0 Å². The third-order valence-electron chi connectivity index (χ3n) is 6.02. The van der Waals surface area contributed by atoms with Crippen LogP contribution < -0.4 is 0 Å². The molecule has 0 aromatic carbocycles. The second-order valence-electron chi connectivity index (χ2n) is 8.01. The second-order valence-corrected chi connectivity index (χ2v) is 8.01. The summed E-state index contributed by atoms with van der Waals surface area (Å²) in [5, 5.41) is 9.09. The van der Waals surface area contributed by atoms with Gasteiger partial charge in [-0.2, -0.15) is 0 Å². The minimum atomic E-state index is 0.444. The maximum atomic E-state index is 5.45. The van der Waals surface area contributed by atoms with E-state index in [1.165, 1.54) is 18.4 Å². The number of likely N-dealkylation sites (tertiary alicyclic amines) is 1. The lowest BCUT2D eigenvalue weighted by Gasteiger charge is -2.32. The average molecular weight is 385 g/mol. The van der Waals surface area contributed by atoms with Crippen molar-refractivity contribution in [2.24, 2.45) is 7.05 Å². The van der Waals surface area contributed by atoms with Gasteiger partial charge in [-0.05, 0) is 37.4 Å². The molecule has 4 rings (SSSR count). The van der Waals surface area contributed by atoms with E-state index in [4.69, 9.17) is 4.74 Å². The highest BCUT2D eigenvalue weighted by molar-refractivity contribution is 5.14. The SMILES string of the molecule is CCc1ccc(CN2CCCC(c3nnc(CN4CCOCC4)n3C)C2)nc1. The summed E-state index contributed by atoms with van der Waals surface area (Å²) < 4.78 is 7.67. The van der Waals surface area contributed by atoms with Crippen molar-refractivity contribution in [3.63, 3.8) is 0 Å². The Morgan fingerprint density at radius 3 is 2.68 bits per heavy atom. The number of morpholine rings is 1. The molecule has 0 radical (unpaired) electrons. The molecule has 0 N–H and O–H groups in total. The Labute approximate surface area is 167 Å². The highest BCUT2D eigenvalue weighted by Crippen LogP contribution is 2.26. The van der Waals surface area contributed by atoms with Crippen molar-refractivity contribution in [2.75, 3.05) is 39.4 Å². The molecule has 2 saturated heterocycles. The van der Waals surface area contributed by atoms with Gasteiger partial charge in [0.15, 0.2) is 0 Å². The Balaban J connectivity index is 1.38. The van der Waals surface area contributed by atoms with Crippen LogP contribution in [0.4, 0.5) is 0 Å². The van der Waals surface area contributed by atoms with Crippen LogP contribution in [0.5, 0.6) is 0 Å². The zero-order valence-electron chi connectivity index (χ0n) is 17.2. The van der Waals surface area contributed by atoms with Crippen LogP contribution in [0.1, 0.15) is 48.6 Å². The van der Waals surface area contributed by atoms with Gasteiger partial charge in [0.1, 0.15) is 11.6 Å². The van der Waals surface area contributed by atoms with Crippen LogP contribution in [-0.2, 0) is 31.3 Å². The van der Waals surface area contributed by atoms with E-state index in [2.05, 4.69) is 55.7 Å². The molecule has 1 atom stereocenters. The first-order valence-electron chi connectivity index (χ1n) is 10.6. The van der Waals surface area contributed by atoms with Gasteiger partial charge in [0.25, 0.3) is 0 Å². The van der Waals surface area contributed by atoms with E-state index in [0.717, 1.165) is 76.2 Å². The molecule has 2 fully saturated rings. The Morgan fingerprint density at radius 2 is 1.93 bits per heavy atom. The maximum Gasteiger partial charge on any atom is 0.146 e. The zero-order chi connectivity index (χ0) is 19.3. The summed E-state index contributed by atoms with van der Waals surface area (Å²) >= 11 is 0.